The van der Waals surface area contributed by atoms with E-state index in [1.165, 1.54) is 22.3 Å². The Morgan fingerprint density at radius 2 is 0.824 bits per heavy atom. The molecule has 0 N–H and O–H groups in total. The van der Waals surface area contributed by atoms with Crippen LogP contribution in [-0.2, 0) is 21.1 Å². The SMILES string of the molecule is Cc1c[c-]cc(C)c1.Cc1c[c-]cc(C)c1.[Pt+2]. The van der Waals surface area contributed by atoms with E-state index in [1.807, 2.05) is 24.3 Å². The summed E-state index contributed by atoms with van der Waals surface area (Å²) in [5.41, 5.74) is 5.13. The molecule has 92 valence electrons. The van der Waals surface area contributed by atoms with Crippen LogP contribution in [0.1, 0.15) is 22.3 Å². The number of benzene rings is 2. The van der Waals surface area contributed by atoms with Crippen LogP contribution in [-0.4, -0.2) is 0 Å². The van der Waals surface area contributed by atoms with E-state index in [0.717, 1.165) is 0 Å². The van der Waals surface area contributed by atoms with Gasteiger partial charge < -0.3 is 0 Å². The van der Waals surface area contributed by atoms with Crippen LogP contribution in [0.15, 0.2) is 36.4 Å². The van der Waals surface area contributed by atoms with Gasteiger partial charge in [-0.15, -0.1) is 0 Å². The molecule has 0 aromatic heterocycles. The van der Waals surface area contributed by atoms with Gasteiger partial charge in [-0.1, -0.05) is 27.7 Å². The zero-order valence-corrected chi connectivity index (χ0v) is 13.1. The van der Waals surface area contributed by atoms with Crippen molar-refractivity contribution in [3.05, 3.63) is 70.8 Å². The topological polar surface area (TPSA) is 0 Å². The Morgan fingerprint density at radius 1 is 0.588 bits per heavy atom. The van der Waals surface area contributed by atoms with E-state index >= 15 is 0 Å². The summed E-state index contributed by atoms with van der Waals surface area (Å²) >= 11 is 0. The molecule has 1 heteroatoms. The van der Waals surface area contributed by atoms with Gasteiger partial charge in [0, 0.05) is 0 Å². The van der Waals surface area contributed by atoms with E-state index in [4.69, 9.17) is 0 Å². The summed E-state index contributed by atoms with van der Waals surface area (Å²) in [5, 5.41) is 0. The Bertz CT molecular complexity index is 369. The second-order valence-electron chi connectivity index (χ2n) is 4.18. The molecule has 0 unspecified atom stereocenters. The van der Waals surface area contributed by atoms with Gasteiger partial charge in [-0.2, -0.15) is 70.8 Å². The average molecular weight is 405 g/mol. The monoisotopic (exact) mass is 405 g/mol. The van der Waals surface area contributed by atoms with Crippen molar-refractivity contribution in [2.75, 3.05) is 0 Å². The summed E-state index contributed by atoms with van der Waals surface area (Å²) in [7, 11) is 0. The number of hydrogen-bond donors (Lipinski definition) is 0. The fraction of sp³-hybridized carbons (Fsp3) is 0.250. The molecule has 0 fully saturated rings. The molecular formula is C16H18Pt. The summed E-state index contributed by atoms with van der Waals surface area (Å²) in [5.74, 6) is 0. The molecule has 0 radical (unpaired) electrons. The second kappa shape index (κ2) is 8.25. The Morgan fingerprint density at radius 3 is 0.941 bits per heavy atom. The zero-order valence-electron chi connectivity index (χ0n) is 10.8. The third-order valence-electron chi connectivity index (χ3n) is 2.15. The van der Waals surface area contributed by atoms with Crippen molar-refractivity contribution in [1.29, 1.82) is 0 Å². The minimum absolute atomic E-state index is 0. The zero-order chi connectivity index (χ0) is 12.0. The molecule has 0 atom stereocenters. The molecule has 0 aliphatic heterocycles. The molecule has 0 amide bonds. The molecule has 0 bridgehead atoms. The summed E-state index contributed by atoms with van der Waals surface area (Å²) in [6.45, 7) is 8.29. The Labute approximate surface area is 119 Å². The maximum atomic E-state index is 3.03. The third-order valence-corrected chi connectivity index (χ3v) is 2.15. The van der Waals surface area contributed by atoms with Crippen LogP contribution in [0, 0.1) is 39.8 Å². The molecule has 0 aliphatic rings. The number of rotatable bonds is 0. The molecular weight excluding hydrogens is 387 g/mol. The van der Waals surface area contributed by atoms with E-state index in [1.54, 1.807) is 0 Å². The van der Waals surface area contributed by atoms with Gasteiger partial charge in [0.25, 0.3) is 0 Å². The first-order valence-electron chi connectivity index (χ1n) is 5.46. The molecule has 0 nitrogen and oxygen atoms in total. The van der Waals surface area contributed by atoms with Crippen LogP contribution in [0.2, 0.25) is 0 Å². The van der Waals surface area contributed by atoms with E-state index in [9.17, 15) is 0 Å². The molecule has 0 aliphatic carbocycles. The molecule has 0 spiro atoms. The van der Waals surface area contributed by atoms with E-state index in [0.29, 0.717) is 0 Å². The maximum absolute atomic E-state index is 3.03. The van der Waals surface area contributed by atoms with Crippen molar-refractivity contribution in [2.45, 2.75) is 27.7 Å². The van der Waals surface area contributed by atoms with Crippen molar-refractivity contribution in [3.63, 3.8) is 0 Å². The normalized spacial score (nSPS) is 8.71. The molecule has 2 aromatic carbocycles. The molecule has 0 heterocycles. The molecule has 0 saturated carbocycles. The summed E-state index contributed by atoms with van der Waals surface area (Å²) < 4.78 is 0. The first-order valence-corrected chi connectivity index (χ1v) is 5.46. The predicted octanol–water partition coefficient (Wildman–Crippen LogP) is 4.20. The minimum Gasteiger partial charge on any atom is -0.183 e. The second-order valence-corrected chi connectivity index (χ2v) is 4.18. The Balaban J connectivity index is 0.000000284. The summed E-state index contributed by atoms with van der Waals surface area (Å²) in [6.07, 6.45) is 0. The van der Waals surface area contributed by atoms with Crippen molar-refractivity contribution < 1.29 is 21.1 Å². The van der Waals surface area contributed by atoms with E-state index in [-0.39, 0.29) is 21.1 Å². The Kier molecular flexibility index (Phi) is 7.83. The van der Waals surface area contributed by atoms with Gasteiger partial charge in [-0.25, -0.2) is 0 Å². The third kappa shape index (κ3) is 7.13. The fourth-order valence-corrected chi connectivity index (χ4v) is 1.49. The molecule has 2 aromatic rings. The van der Waals surface area contributed by atoms with Gasteiger partial charge in [0.15, 0.2) is 0 Å². The van der Waals surface area contributed by atoms with Crippen LogP contribution in [0.4, 0.5) is 0 Å². The average Bonchev–Trinajstić information content (AvgIpc) is 2.17. The van der Waals surface area contributed by atoms with Crippen molar-refractivity contribution in [1.82, 2.24) is 0 Å². The van der Waals surface area contributed by atoms with Crippen LogP contribution in [0.25, 0.3) is 0 Å². The van der Waals surface area contributed by atoms with Gasteiger partial charge in [-0.05, 0) is 0 Å². The van der Waals surface area contributed by atoms with Crippen LogP contribution >= 0.6 is 0 Å². The van der Waals surface area contributed by atoms with Gasteiger partial charge in [0.05, 0.1) is 0 Å². The summed E-state index contributed by atoms with van der Waals surface area (Å²) in [4.78, 5) is 0. The quantitative estimate of drug-likeness (QED) is 0.577. The van der Waals surface area contributed by atoms with E-state index in [2.05, 4.69) is 52.0 Å². The molecule has 17 heavy (non-hydrogen) atoms. The van der Waals surface area contributed by atoms with Crippen molar-refractivity contribution in [2.24, 2.45) is 0 Å². The predicted molar refractivity (Wildman–Crippen MR) is 69.5 cm³/mol. The summed E-state index contributed by atoms with van der Waals surface area (Å²) in [6, 6.07) is 18.2. The van der Waals surface area contributed by atoms with Gasteiger partial charge in [-0.3, -0.25) is 0 Å². The Hall–Kier alpha value is -0.872. The van der Waals surface area contributed by atoms with Gasteiger partial charge in [0.1, 0.15) is 0 Å². The van der Waals surface area contributed by atoms with Crippen molar-refractivity contribution in [3.8, 4) is 0 Å². The molecule has 2 rings (SSSR count). The standard InChI is InChI=1S/2C8H9.Pt/c2*1-7-4-3-5-8(2)6-7;/h2*4-6H,1-2H3;/q2*-1;+2. The largest absolute Gasteiger partial charge is 2.00 e. The van der Waals surface area contributed by atoms with E-state index < -0.39 is 0 Å². The smallest absolute Gasteiger partial charge is 0.183 e. The number of aryl methyl sites for hydroxylation is 4. The minimum atomic E-state index is 0. The van der Waals surface area contributed by atoms with Gasteiger partial charge >= 0.3 is 21.1 Å². The van der Waals surface area contributed by atoms with Crippen LogP contribution in [0.5, 0.6) is 0 Å². The van der Waals surface area contributed by atoms with Crippen molar-refractivity contribution >= 4 is 0 Å². The van der Waals surface area contributed by atoms with Crippen LogP contribution in [0.3, 0.4) is 0 Å². The van der Waals surface area contributed by atoms with Crippen LogP contribution < -0.4 is 0 Å². The number of hydrogen-bond acceptors (Lipinski definition) is 0. The van der Waals surface area contributed by atoms with Gasteiger partial charge in [0.2, 0.25) is 0 Å². The molecule has 0 saturated heterocycles. The first-order chi connectivity index (χ1) is 7.58. The maximum Gasteiger partial charge on any atom is 2.00 e. The first kappa shape index (κ1) is 16.1. The fourth-order valence-electron chi connectivity index (χ4n) is 1.49.